The number of fused-ring (bicyclic) bond motifs is 1. The molecule has 3 aliphatic heterocycles. The van der Waals surface area contributed by atoms with Crippen molar-refractivity contribution >= 4 is 17.5 Å². The molecule has 3 saturated heterocycles. The number of anilines is 1. The topological polar surface area (TPSA) is 52.7 Å². The molecule has 0 aliphatic carbocycles. The zero-order valence-corrected chi connectivity index (χ0v) is 15.6. The van der Waals surface area contributed by atoms with Crippen molar-refractivity contribution in [2.24, 2.45) is 11.8 Å². The van der Waals surface area contributed by atoms with E-state index in [2.05, 4.69) is 5.32 Å². The molecule has 1 N–H and O–H groups in total. The third-order valence-electron chi connectivity index (χ3n) is 6.18. The Balaban J connectivity index is 1.62. The number of nitrogens with zero attached hydrogens (tertiary/aromatic N) is 2. The van der Waals surface area contributed by atoms with Crippen LogP contribution in [0.15, 0.2) is 18.2 Å². The van der Waals surface area contributed by atoms with Gasteiger partial charge in [-0.05, 0) is 62.4 Å². The second-order valence-corrected chi connectivity index (χ2v) is 7.96. The summed E-state index contributed by atoms with van der Waals surface area (Å²) < 4.78 is 40.3. The van der Waals surface area contributed by atoms with E-state index in [1.54, 1.807) is 4.90 Å². The molecule has 4 rings (SSSR count). The number of carbonyl (C=O) groups excluding carboxylic acids is 2. The second kappa shape index (κ2) is 7.39. The van der Waals surface area contributed by atoms with Crippen molar-refractivity contribution < 1.29 is 22.8 Å². The smallest absolute Gasteiger partial charge is 0.339 e. The van der Waals surface area contributed by atoms with E-state index in [0.717, 1.165) is 38.1 Å². The molecular weight excluding hydrogens is 371 g/mol. The molecule has 0 saturated carbocycles. The van der Waals surface area contributed by atoms with Gasteiger partial charge in [0.1, 0.15) is 0 Å². The average molecular weight is 395 g/mol. The Bertz CT molecular complexity index is 766. The van der Waals surface area contributed by atoms with Gasteiger partial charge in [-0.25, -0.2) is 0 Å². The van der Waals surface area contributed by atoms with E-state index in [-0.39, 0.29) is 23.1 Å². The summed E-state index contributed by atoms with van der Waals surface area (Å²) in [7, 11) is 0. The normalized spacial score (nSPS) is 25.8. The van der Waals surface area contributed by atoms with Crippen LogP contribution in [-0.4, -0.2) is 49.4 Å². The first-order valence-corrected chi connectivity index (χ1v) is 9.85. The fourth-order valence-electron chi connectivity index (χ4n) is 4.58. The summed E-state index contributed by atoms with van der Waals surface area (Å²) in [5.74, 6) is 0.467. The zero-order chi connectivity index (χ0) is 19.9. The third kappa shape index (κ3) is 3.74. The molecule has 1 aromatic carbocycles. The Morgan fingerprint density at radius 2 is 1.71 bits per heavy atom. The number of carbonyl (C=O) groups is 2. The minimum absolute atomic E-state index is 0.00899. The van der Waals surface area contributed by atoms with Gasteiger partial charge in [0.15, 0.2) is 0 Å². The highest BCUT2D eigenvalue weighted by atomic mass is 19.4. The van der Waals surface area contributed by atoms with Gasteiger partial charge in [0.25, 0.3) is 5.91 Å². The van der Waals surface area contributed by atoms with E-state index in [1.807, 2.05) is 0 Å². The number of rotatable bonds is 2. The molecular formula is C20H24F3N3O2. The number of nitrogens with one attached hydrogen (secondary N) is 1. The number of alkyl halides is 3. The summed E-state index contributed by atoms with van der Waals surface area (Å²) >= 11 is 0. The Morgan fingerprint density at radius 3 is 2.29 bits per heavy atom. The van der Waals surface area contributed by atoms with Crippen LogP contribution in [0, 0.1) is 11.8 Å². The second-order valence-electron chi connectivity index (χ2n) is 7.96. The first-order valence-electron chi connectivity index (χ1n) is 9.85. The van der Waals surface area contributed by atoms with E-state index in [0.29, 0.717) is 44.3 Å². The van der Waals surface area contributed by atoms with Crippen molar-refractivity contribution in [3.8, 4) is 0 Å². The highest BCUT2D eigenvalue weighted by Crippen LogP contribution is 2.35. The summed E-state index contributed by atoms with van der Waals surface area (Å²) in [6, 6.07) is 3.33. The van der Waals surface area contributed by atoms with Crippen LogP contribution in [0.25, 0.3) is 0 Å². The van der Waals surface area contributed by atoms with Gasteiger partial charge in [0.2, 0.25) is 5.91 Å². The molecule has 0 aromatic heterocycles. The van der Waals surface area contributed by atoms with Gasteiger partial charge in [-0.15, -0.1) is 0 Å². The Morgan fingerprint density at radius 1 is 1.04 bits per heavy atom. The number of hydrogen-bond donors (Lipinski definition) is 1. The third-order valence-corrected chi connectivity index (χ3v) is 6.18. The zero-order valence-electron chi connectivity index (χ0n) is 15.6. The lowest BCUT2D eigenvalue weighted by atomic mass is 9.92. The van der Waals surface area contributed by atoms with Crippen LogP contribution in [0.2, 0.25) is 0 Å². The molecule has 8 heteroatoms. The first-order chi connectivity index (χ1) is 13.3. The van der Waals surface area contributed by atoms with Crippen molar-refractivity contribution in [3.63, 3.8) is 0 Å². The van der Waals surface area contributed by atoms with Gasteiger partial charge in [-0.3, -0.25) is 9.59 Å². The Kier molecular flexibility index (Phi) is 5.07. The number of benzene rings is 1. The molecule has 0 bridgehead atoms. The van der Waals surface area contributed by atoms with Crippen LogP contribution in [0.1, 0.15) is 41.6 Å². The maximum atomic E-state index is 13.4. The molecule has 1 aromatic rings. The predicted molar refractivity (Wildman–Crippen MR) is 98.0 cm³/mol. The fraction of sp³-hybridized carbons (Fsp3) is 0.600. The van der Waals surface area contributed by atoms with Gasteiger partial charge in [-0.1, -0.05) is 0 Å². The minimum Gasteiger partial charge on any atom is -0.339 e. The Hall–Kier alpha value is -2.09. The SMILES string of the molecule is O=C(c1cc(N2CCCC2=O)cc(C(F)(F)F)c1)N1CC[C@@H]2CNC[C@@H]2CC1. The first kappa shape index (κ1) is 19.2. The van der Waals surface area contributed by atoms with Crippen LogP contribution in [-0.2, 0) is 11.0 Å². The molecule has 3 fully saturated rings. The molecule has 0 radical (unpaired) electrons. The van der Waals surface area contributed by atoms with Crippen LogP contribution in [0.4, 0.5) is 18.9 Å². The molecule has 0 unspecified atom stereocenters. The van der Waals surface area contributed by atoms with Crippen molar-refractivity contribution in [1.82, 2.24) is 10.2 Å². The van der Waals surface area contributed by atoms with Crippen molar-refractivity contribution in [3.05, 3.63) is 29.3 Å². The highest BCUT2D eigenvalue weighted by Gasteiger charge is 2.35. The van der Waals surface area contributed by atoms with Crippen molar-refractivity contribution in [1.29, 1.82) is 0 Å². The molecule has 152 valence electrons. The van der Waals surface area contributed by atoms with E-state index in [4.69, 9.17) is 0 Å². The standard InChI is InChI=1S/C20H24F3N3O2/c21-20(22,23)16-8-15(9-17(10-16)26-5-1-2-18(26)27)19(28)25-6-3-13-11-24-12-14(13)4-7-25/h8-10,13-14,24H,1-7,11-12H2/t13-,14+. The fourth-order valence-corrected chi connectivity index (χ4v) is 4.58. The number of halogens is 3. The van der Waals surface area contributed by atoms with Crippen LogP contribution >= 0.6 is 0 Å². The van der Waals surface area contributed by atoms with Gasteiger partial charge >= 0.3 is 6.18 Å². The monoisotopic (exact) mass is 395 g/mol. The van der Waals surface area contributed by atoms with Crippen LogP contribution in [0.3, 0.4) is 0 Å². The largest absolute Gasteiger partial charge is 0.416 e. The maximum absolute atomic E-state index is 13.4. The Labute approximate surface area is 161 Å². The van der Waals surface area contributed by atoms with Crippen molar-refractivity contribution in [2.75, 3.05) is 37.6 Å². The lowest BCUT2D eigenvalue weighted by molar-refractivity contribution is -0.137. The van der Waals surface area contributed by atoms with Gasteiger partial charge in [-0.2, -0.15) is 13.2 Å². The summed E-state index contributed by atoms with van der Waals surface area (Å²) in [5, 5.41) is 3.37. The molecule has 3 aliphatic rings. The van der Waals surface area contributed by atoms with Gasteiger partial charge < -0.3 is 15.1 Å². The molecule has 0 spiro atoms. The number of amides is 2. The maximum Gasteiger partial charge on any atom is 0.416 e. The molecule has 3 heterocycles. The predicted octanol–water partition coefficient (Wildman–Crippen LogP) is 2.90. The number of likely N-dealkylation sites (tertiary alicyclic amines) is 1. The quantitative estimate of drug-likeness (QED) is 0.838. The van der Waals surface area contributed by atoms with E-state index in [9.17, 15) is 22.8 Å². The summed E-state index contributed by atoms with van der Waals surface area (Å²) in [6.45, 7) is 3.37. The lowest BCUT2D eigenvalue weighted by Crippen LogP contribution is -2.33. The minimum atomic E-state index is -4.57. The van der Waals surface area contributed by atoms with Crippen LogP contribution in [0.5, 0.6) is 0 Å². The average Bonchev–Trinajstić information content (AvgIpc) is 3.24. The molecule has 5 nitrogen and oxygen atoms in total. The summed E-state index contributed by atoms with van der Waals surface area (Å²) in [4.78, 5) is 28.1. The van der Waals surface area contributed by atoms with E-state index < -0.39 is 11.7 Å². The van der Waals surface area contributed by atoms with E-state index in [1.165, 1.54) is 11.0 Å². The summed E-state index contributed by atoms with van der Waals surface area (Å²) in [6.07, 6.45) is -1.92. The summed E-state index contributed by atoms with van der Waals surface area (Å²) in [5.41, 5.74) is -0.713. The van der Waals surface area contributed by atoms with Gasteiger partial charge in [0.05, 0.1) is 5.56 Å². The van der Waals surface area contributed by atoms with E-state index >= 15 is 0 Å². The van der Waals surface area contributed by atoms with Gasteiger partial charge in [0, 0.05) is 37.3 Å². The molecule has 2 atom stereocenters. The molecule has 28 heavy (non-hydrogen) atoms. The lowest BCUT2D eigenvalue weighted by Gasteiger charge is -2.23. The van der Waals surface area contributed by atoms with Crippen molar-refractivity contribution in [2.45, 2.75) is 31.9 Å². The molecule has 2 amide bonds. The highest BCUT2D eigenvalue weighted by molar-refractivity contribution is 5.99. The number of hydrogen-bond acceptors (Lipinski definition) is 3. The van der Waals surface area contributed by atoms with Crippen LogP contribution < -0.4 is 10.2 Å².